The largest absolute Gasteiger partial charge is 0.455 e. The molecule has 0 fully saturated rings. The molecule has 2 heterocycles. The van der Waals surface area contributed by atoms with Gasteiger partial charge in [-0.2, -0.15) is 0 Å². The third-order valence-electron chi connectivity index (χ3n) is 6.20. The van der Waals surface area contributed by atoms with E-state index in [9.17, 15) is 0 Å². The number of hydrogen-bond acceptors (Lipinski definition) is 4. The highest BCUT2D eigenvalue weighted by Crippen LogP contribution is 2.37. The van der Waals surface area contributed by atoms with Crippen LogP contribution in [0.3, 0.4) is 0 Å². The number of fused-ring (bicyclic) bond motifs is 3. The summed E-state index contributed by atoms with van der Waals surface area (Å²) in [6, 6.07) is 32.9. The molecule has 0 radical (unpaired) electrons. The fourth-order valence-electron chi connectivity index (χ4n) is 4.42. The van der Waals surface area contributed by atoms with Crippen LogP contribution >= 0.6 is 0 Å². The SMILES string of the molecule is CC(C)(C)c1nc(-c2ccccc2-c2ccccc2)nc(-c2cccc3c2oc2ccccc23)n1. The molecule has 4 heteroatoms. The minimum absolute atomic E-state index is 0.254. The highest BCUT2D eigenvalue weighted by atomic mass is 16.3. The first kappa shape index (κ1) is 21.2. The maximum Gasteiger partial charge on any atom is 0.167 e. The molecule has 6 aromatic rings. The Labute approximate surface area is 204 Å². The van der Waals surface area contributed by atoms with Crippen molar-refractivity contribution in [2.45, 2.75) is 26.2 Å². The van der Waals surface area contributed by atoms with Crippen molar-refractivity contribution < 1.29 is 4.42 Å². The van der Waals surface area contributed by atoms with Gasteiger partial charge in [0.05, 0.1) is 5.56 Å². The number of rotatable bonds is 3. The summed E-state index contributed by atoms with van der Waals surface area (Å²) in [6.07, 6.45) is 0. The van der Waals surface area contributed by atoms with Crippen LogP contribution in [0.25, 0.3) is 55.8 Å². The Balaban J connectivity index is 1.62. The van der Waals surface area contributed by atoms with Gasteiger partial charge < -0.3 is 4.42 Å². The third-order valence-corrected chi connectivity index (χ3v) is 6.20. The van der Waals surface area contributed by atoms with E-state index in [4.69, 9.17) is 19.4 Å². The van der Waals surface area contributed by atoms with Gasteiger partial charge in [-0.15, -0.1) is 0 Å². The number of nitrogens with zero attached hydrogens (tertiary/aromatic N) is 3. The lowest BCUT2D eigenvalue weighted by Crippen LogP contribution is -2.18. The van der Waals surface area contributed by atoms with Gasteiger partial charge in [0.1, 0.15) is 17.0 Å². The molecule has 0 aliphatic rings. The van der Waals surface area contributed by atoms with E-state index in [0.717, 1.165) is 50.0 Å². The van der Waals surface area contributed by atoms with E-state index < -0.39 is 0 Å². The zero-order chi connectivity index (χ0) is 24.0. The zero-order valence-corrected chi connectivity index (χ0v) is 20.0. The second kappa shape index (κ2) is 8.17. The standard InChI is InChI=1S/C31H25N3O/c1-31(2,3)30-33-28(24-16-8-7-14-21(24)20-12-5-4-6-13-20)32-29(34-30)25-18-11-17-23-22-15-9-10-19-26(22)35-27(23)25/h4-19H,1-3H3. The highest BCUT2D eigenvalue weighted by Gasteiger charge is 2.23. The lowest BCUT2D eigenvalue weighted by atomic mass is 9.95. The number of aromatic nitrogens is 3. The molecule has 0 saturated heterocycles. The molecule has 0 unspecified atom stereocenters. The van der Waals surface area contributed by atoms with Gasteiger partial charge in [0.2, 0.25) is 0 Å². The van der Waals surface area contributed by atoms with Crippen molar-refractivity contribution in [3.63, 3.8) is 0 Å². The summed E-state index contributed by atoms with van der Waals surface area (Å²) in [5, 5.41) is 2.14. The summed E-state index contributed by atoms with van der Waals surface area (Å²) in [5.74, 6) is 2.02. The number of benzene rings is 4. The predicted octanol–water partition coefficient (Wildman–Crippen LogP) is 8.07. The fraction of sp³-hybridized carbons (Fsp3) is 0.129. The Hall–Kier alpha value is -4.31. The third kappa shape index (κ3) is 3.77. The molecule has 0 aliphatic heterocycles. The average molecular weight is 456 g/mol. The van der Waals surface area contributed by atoms with Gasteiger partial charge in [-0.1, -0.05) is 106 Å². The first-order valence-corrected chi connectivity index (χ1v) is 11.8. The lowest BCUT2D eigenvalue weighted by Gasteiger charge is -2.19. The second-order valence-corrected chi connectivity index (χ2v) is 9.75. The van der Waals surface area contributed by atoms with Crippen LogP contribution in [0.2, 0.25) is 0 Å². The van der Waals surface area contributed by atoms with E-state index >= 15 is 0 Å². The van der Waals surface area contributed by atoms with E-state index in [1.54, 1.807) is 0 Å². The Morgan fingerprint density at radius 3 is 1.91 bits per heavy atom. The molecule has 170 valence electrons. The monoisotopic (exact) mass is 455 g/mol. The molecule has 0 bridgehead atoms. The lowest BCUT2D eigenvalue weighted by molar-refractivity contribution is 0.543. The van der Waals surface area contributed by atoms with Crippen LogP contribution in [-0.4, -0.2) is 15.0 Å². The average Bonchev–Trinajstić information content (AvgIpc) is 3.27. The van der Waals surface area contributed by atoms with Gasteiger partial charge in [0.25, 0.3) is 0 Å². The van der Waals surface area contributed by atoms with Gasteiger partial charge in [-0.25, -0.2) is 15.0 Å². The van der Waals surface area contributed by atoms with Gasteiger partial charge in [-0.05, 0) is 23.3 Å². The number of para-hydroxylation sites is 2. The van der Waals surface area contributed by atoms with Crippen LogP contribution in [0.1, 0.15) is 26.6 Å². The van der Waals surface area contributed by atoms with E-state index in [1.165, 1.54) is 0 Å². The first-order chi connectivity index (χ1) is 17.0. The van der Waals surface area contributed by atoms with Gasteiger partial charge in [-0.3, -0.25) is 0 Å². The number of hydrogen-bond donors (Lipinski definition) is 0. The van der Waals surface area contributed by atoms with Crippen molar-refractivity contribution in [1.29, 1.82) is 0 Å². The minimum Gasteiger partial charge on any atom is -0.455 e. The molecule has 35 heavy (non-hydrogen) atoms. The summed E-state index contributed by atoms with van der Waals surface area (Å²) < 4.78 is 6.30. The molecule has 0 atom stereocenters. The van der Waals surface area contributed by atoms with Gasteiger partial charge >= 0.3 is 0 Å². The van der Waals surface area contributed by atoms with E-state index in [1.807, 2.05) is 60.7 Å². The molecule has 0 spiro atoms. The molecular formula is C31H25N3O. The topological polar surface area (TPSA) is 51.8 Å². The molecule has 0 aliphatic carbocycles. The Morgan fingerprint density at radius 2 is 1.14 bits per heavy atom. The molecule has 2 aromatic heterocycles. The summed E-state index contributed by atoms with van der Waals surface area (Å²) in [7, 11) is 0. The van der Waals surface area contributed by atoms with E-state index in [2.05, 4.69) is 57.2 Å². The van der Waals surface area contributed by atoms with Crippen molar-refractivity contribution >= 4 is 21.9 Å². The smallest absolute Gasteiger partial charge is 0.167 e. The molecule has 0 saturated carbocycles. The molecule has 0 N–H and O–H groups in total. The van der Waals surface area contributed by atoms with Crippen molar-refractivity contribution in [2.75, 3.05) is 0 Å². The van der Waals surface area contributed by atoms with Crippen molar-refractivity contribution in [1.82, 2.24) is 15.0 Å². The first-order valence-electron chi connectivity index (χ1n) is 11.8. The van der Waals surface area contributed by atoms with Crippen LogP contribution in [0.5, 0.6) is 0 Å². The number of furan rings is 1. The maximum atomic E-state index is 6.30. The maximum absolute atomic E-state index is 6.30. The minimum atomic E-state index is -0.254. The summed E-state index contributed by atoms with van der Waals surface area (Å²) in [4.78, 5) is 14.9. The Morgan fingerprint density at radius 1 is 0.543 bits per heavy atom. The zero-order valence-electron chi connectivity index (χ0n) is 20.0. The van der Waals surface area contributed by atoms with E-state index in [0.29, 0.717) is 11.6 Å². The van der Waals surface area contributed by atoms with Crippen molar-refractivity contribution in [3.8, 4) is 33.9 Å². The van der Waals surface area contributed by atoms with Crippen LogP contribution < -0.4 is 0 Å². The van der Waals surface area contributed by atoms with Crippen molar-refractivity contribution in [2.24, 2.45) is 0 Å². The summed E-state index contributed by atoms with van der Waals surface area (Å²) in [5.41, 5.74) is 5.45. The predicted molar refractivity (Wildman–Crippen MR) is 142 cm³/mol. The van der Waals surface area contributed by atoms with Gasteiger partial charge in [0, 0.05) is 21.8 Å². The quantitative estimate of drug-likeness (QED) is 0.271. The van der Waals surface area contributed by atoms with Crippen LogP contribution in [0, 0.1) is 0 Å². The van der Waals surface area contributed by atoms with Gasteiger partial charge in [0.15, 0.2) is 11.6 Å². The van der Waals surface area contributed by atoms with Crippen LogP contribution in [0.4, 0.5) is 0 Å². The molecule has 4 nitrogen and oxygen atoms in total. The molecule has 4 aromatic carbocycles. The molecule has 6 rings (SSSR count). The molecule has 0 amide bonds. The Bertz CT molecular complexity index is 1680. The van der Waals surface area contributed by atoms with Crippen molar-refractivity contribution in [3.05, 3.63) is 103 Å². The highest BCUT2D eigenvalue weighted by molar-refractivity contribution is 6.09. The molecular weight excluding hydrogens is 430 g/mol. The van der Waals surface area contributed by atoms with E-state index in [-0.39, 0.29) is 5.41 Å². The Kier molecular flexibility index (Phi) is 4.96. The fourth-order valence-corrected chi connectivity index (χ4v) is 4.42. The normalized spacial score (nSPS) is 11.9. The second-order valence-electron chi connectivity index (χ2n) is 9.75. The summed E-state index contributed by atoms with van der Waals surface area (Å²) >= 11 is 0. The van der Waals surface area contributed by atoms with Crippen LogP contribution in [-0.2, 0) is 5.41 Å². The van der Waals surface area contributed by atoms with Crippen LogP contribution in [0.15, 0.2) is 101 Å². The summed E-state index contributed by atoms with van der Waals surface area (Å²) in [6.45, 7) is 6.38.